The van der Waals surface area contributed by atoms with E-state index in [0.29, 0.717) is 10.8 Å². The van der Waals surface area contributed by atoms with Crippen molar-refractivity contribution in [3.63, 3.8) is 0 Å². The van der Waals surface area contributed by atoms with Crippen LogP contribution in [0.5, 0.6) is 5.75 Å². The summed E-state index contributed by atoms with van der Waals surface area (Å²) in [6.07, 6.45) is 0. The Morgan fingerprint density at radius 3 is 2.79 bits per heavy atom. The van der Waals surface area contributed by atoms with E-state index in [1.54, 1.807) is 18.2 Å². The Morgan fingerprint density at radius 1 is 1.64 bits per heavy atom. The Hall–Kier alpha value is -0.220. The summed E-state index contributed by atoms with van der Waals surface area (Å²) in [5.41, 5.74) is 0.828. The van der Waals surface area contributed by atoms with Gasteiger partial charge in [0.05, 0.1) is 0 Å². The van der Waals surface area contributed by atoms with E-state index in [1.165, 1.54) is 0 Å². The number of benzene rings is 1. The molecular formula is C9H10ClNaO3. The molecule has 0 aliphatic heterocycles. The largest absolute Gasteiger partial charge is 1.00 e. The molecule has 14 heavy (non-hydrogen) atoms. The minimum absolute atomic E-state index is 0. The van der Waals surface area contributed by atoms with Crippen LogP contribution in [0.2, 0.25) is 5.02 Å². The van der Waals surface area contributed by atoms with Crippen molar-refractivity contribution in [1.82, 2.24) is 0 Å². The van der Waals surface area contributed by atoms with Gasteiger partial charge in [0.1, 0.15) is 5.75 Å². The third-order valence-electron chi connectivity index (χ3n) is 1.49. The average molecular weight is 225 g/mol. The monoisotopic (exact) mass is 224 g/mol. The molecular weight excluding hydrogens is 215 g/mol. The second-order valence-electron chi connectivity index (χ2n) is 2.59. The number of carbonyl (C=O) groups is 1. The molecule has 0 fully saturated rings. The summed E-state index contributed by atoms with van der Waals surface area (Å²) in [5, 5.41) is 8.98. The minimum atomic E-state index is -0.991. The first-order chi connectivity index (χ1) is 6.09. The van der Waals surface area contributed by atoms with Gasteiger partial charge in [-0.1, -0.05) is 11.6 Å². The van der Waals surface area contributed by atoms with Crippen LogP contribution in [-0.2, 0) is 4.79 Å². The fourth-order valence-electron chi connectivity index (χ4n) is 0.914. The quantitative estimate of drug-likeness (QED) is 0.686. The predicted octanol–water partition coefficient (Wildman–Crippen LogP) is -0.772. The molecule has 5 heteroatoms. The van der Waals surface area contributed by atoms with Crippen LogP contribution in [0.3, 0.4) is 0 Å². The normalized spacial score (nSPS) is 9.00. The van der Waals surface area contributed by atoms with Crippen LogP contribution < -0.4 is 34.3 Å². The van der Waals surface area contributed by atoms with Crippen LogP contribution in [-0.4, -0.2) is 17.7 Å². The molecule has 0 heterocycles. The molecule has 1 rings (SSSR count). The van der Waals surface area contributed by atoms with Crippen molar-refractivity contribution >= 4 is 17.6 Å². The van der Waals surface area contributed by atoms with E-state index in [0.717, 1.165) is 5.56 Å². The van der Waals surface area contributed by atoms with E-state index < -0.39 is 5.97 Å². The number of carboxylic acid groups (broad SMARTS) is 1. The molecule has 1 N–H and O–H groups in total. The Bertz CT molecular complexity index is 333. The maximum absolute atomic E-state index is 10.2. The summed E-state index contributed by atoms with van der Waals surface area (Å²) in [6, 6.07) is 5.03. The molecule has 1 aromatic carbocycles. The van der Waals surface area contributed by atoms with Crippen molar-refractivity contribution in [2.75, 3.05) is 6.61 Å². The van der Waals surface area contributed by atoms with Crippen LogP contribution in [0.4, 0.5) is 0 Å². The van der Waals surface area contributed by atoms with Crippen molar-refractivity contribution < 1.29 is 45.6 Å². The Labute approximate surface area is 111 Å². The summed E-state index contributed by atoms with van der Waals surface area (Å²) < 4.78 is 5.00. The van der Waals surface area contributed by atoms with Gasteiger partial charge >= 0.3 is 35.5 Å². The van der Waals surface area contributed by atoms with E-state index in [4.69, 9.17) is 21.4 Å². The Kier molecular flexibility index (Phi) is 6.20. The van der Waals surface area contributed by atoms with E-state index >= 15 is 0 Å². The smallest absolute Gasteiger partial charge is 1.00 e. The predicted molar refractivity (Wildman–Crippen MR) is 50.4 cm³/mol. The maximum Gasteiger partial charge on any atom is 1.00 e. The van der Waals surface area contributed by atoms with Crippen LogP contribution in [0.25, 0.3) is 0 Å². The number of hydrogen-bond donors (Lipinski definition) is 1. The zero-order valence-corrected chi connectivity index (χ0v) is 10.8. The molecule has 0 spiro atoms. The molecule has 1 aromatic rings. The number of hydrogen-bond acceptors (Lipinski definition) is 2. The Balaban J connectivity index is 0. The van der Waals surface area contributed by atoms with Crippen molar-refractivity contribution in [3.05, 3.63) is 28.8 Å². The maximum atomic E-state index is 10.2. The molecule has 0 aromatic heterocycles. The number of halogens is 1. The average Bonchev–Trinajstić information content (AvgIpc) is 2.02. The van der Waals surface area contributed by atoms with Gasteiger partial charge < -0.3 is 11.3 Å². The first-order valence-corrected chi connectivity index (χ1v) is 4.08. The van der Waals surface area contributed by atoms with Gasteiger partial charge in [0.25, 0.3) is 0 Å². The third kappa shape index (κ3) is 4.33. The number of carboxylic acids is 1. The number of ether oxygens (including phenoxy) is 1. The molecule has 0 radical (unpaired) electrons. The SMILES string of the molecule is Cc1cc(Cl)ccc1OCC(=O)O.[H-].[Na+]. The molecule has 3 nitrogen and oxygen atoms in total. The standard InChI is InChI=1S/C9H9ClO3.Na.H/c1-6-4-7(10)2-3-8(6)13-5-9(11)12;;/h2-4H,5H2,1H3,(H,11,12);;/q;+1;-1. The number of aliphatic carboxylic acids is 1. The summed E-state index contributed by atoms with van der Waals surface area (Å²) in [7, 11) is 0. The molecule has 0 aliphatic carbocycles. The summed E-state index contributed by atoms with van der Waals surface area (Å²) >= 11 is 5.71. The van der Waals surface area contributed by atoms with E-state index in [2.05, 4.69) is 0 Å². The van der Waals surface area contributed by atoms with Crippen molar-refractivity contribution in [3.8, 4) is 5.75 Å². The molecule has 0 aliphatic rings. The molecule has 0 atom stereocenters. The second kappa shape index (κ2) is 6.30. The van der Waals surface area contributed by atoms with E-state index in [-0.39, 0.29) is 37.6 Å². The van der Waals surface area contributed by atoms with Gasteiger partial charge in [-0.3, -0.25) is 0 Å². The Morgan fingerprint density at radius 2 is 2.29 bits per heavy atom. The molecule has 0 saturated heterocycles. The molecule has 0 amide bonds. The second-order valence-corrected chi connectivity index (χ2v) is 3.03. The van der Waals surface area contributed by atoms with Gasteiger partial charge in [-0.2, -0.15) is 0 Å². The van der Waals surface area contributed by atoms with Gasteiger partial charge in [-0.05, 0) is 30.7 Å². The molecule has 0 saturated carbocycles. The van der Waals surface area contributed by atoms with E-state index in [9.17, 15) is 4.79 Å². The molecule has 0 unspecified atom stereocenters. The van der Waals surface area contributed by atoms with Gasteiger partial charge in [0, 0.05) is 5.02 Å². The summed E-state index contributed by atoms with van der Waals surface area (Å²) in [5.74, 6) is -0.443. The van der Waals surface area contributed by atoms with E-state index in [1.807, 2.05) is 6.92 Å². The summed E-state index contributed by atoms with van der Waals surface area (Å²) in [6.45, 7) is 1.48. The minimum Gasteiger partial charge on any atom is -1.00 e. The topological polar surface area (TPSA) is 46.5 Å². The van der Waals surface area contributed by atoms with Gasteiger partial charge in [0.15, 0.2) is 6.61 Å². The van der Waals surface area contributed by atoms with Gasteiger partial charge in [-0.25, -0.2) is 4.79 Å². The van der Waals surface area contributed by atoms with Crippen LogP contribution in [0, 0.1) is 6.92 Å². The first-order valence-electron chi connectivity index (χ1n) is 3.70. The van der Waals surface area contributed by atoms with Gasteiger partial charge in [-0.15, -0.1) is 0 Å². The van der Waals surface area contributed by atoms with Crippen molar-refractivity contribution in [1.29, 1.82) is 0 Å². The molecule has 0 bridgehead atoms. The van der Waals surface area contributed by atoms with Crippen molar-refractivity contribution in [2.24, 2.45) is 0 Å². The fraction of sp³-hybridized carbons (Fsp3) is 0.222. The van der Waals surface area contributed by atoms with Crippen LogP contribution in [0.15, 0.2) is 18.2 Å². The third-order valence-corrected chi connectivity index (χ3v) is 1.72. The number of aryl methyl sites for hydroxylation is 1. The van der Waals surface area contributed by atoms with Crippen molar-refractivity contribution in [2.45, 2.75) is 6.92 Å². The summed E-state index contributed by atoms with van der Waals surface area (Å²) in [4.78, 5) is 10.2. The number of rotatable bonds is 3. The first kappa shape index (κ1) is 13.8. The zero-order valence-electron chi connectivity index (χ0n) is 9.08. The van der Waals surface area contributed by atoms with Crippen LogP contribution >= 0.6 is 11.6 Å². The van der Waals surface area contributed by atoms with Crippen LogP contribution in [0.1, 0.15) is 6.99 Å². The zero-order chi connectivity index (χ0) is 9.84. The fourth-order valence-corrected chi connectivity index (χ4v) is 1.14. The molecule has 72 valence electrons. The van der Waals surface area contributed by atoms with Gasteiger partial charge in [0.2, 0.25) is 0 Å².